The van der Waals surface area contributed by atoms with Crippen molar-refractivity contribution in [2.45, 2.75) is 78.3 Å². The first-order chi connectivity index (χ1) is 11.0. The lowest BCUT2D eigenvalue weighted by molar-refractivity contribution is -0.143. The summed E-state index contributed by atoms with van der Waals surface area (Å²) in [4.78, 5) is 11.4. The van der Waals surface area contributed by atoms with Crippen molar-refractivity contribution in [2.24, 2.45) is 0 Å². The van der Waals surface area contributed by atoms with Gasteiger partial charge in [-0.25, -0.2) is 0 Å². The average Bonchev–Trinajstić information content (AvgIpc) is 2.62. The van der Waals surface area contributed by atoms with Gasteiger partial charge in [0.1, 0.15) is 0 Å². The highest BCUT2D eigenvalue weighted by molar-refractivity contribution is 7.54. The molecule has 1 fully saturated rings. The Hall–Kier alpha value is -0.395. The fourth-order valence-corrected chi connectivity index (χ4v) is 4.27. The third-order valence-electron chi connectivity index (χ3n) is 4.22. The molecule has 0 N–H and O–H groups in total. The molecule has 1 rings (SSSR count). The van der Waals surface area contributed by atoms with Gasteiger partial charge in [0, 0.05) is 6.92 Å². The Balaban J connectivity index is 2.80. The lowest BCUT2D eigenvalue weighted by atomic mass is 9.83. The molecule has 140 valence electrons. The third-order valence-corrected chi connectivity index (χ3v) is 6.53. The van der Waals surface area contributed by atoms with Crippen molar-refractivity contribution < 1.29 is 32.5 Å². The summed E-state index contributed by atoms with van der Waals surface area (Å²) in [6.45, 7) is 12.9. The van der Waals surface area contributed by atoms with Crippen LogP contribution in [0.25, 0.3) is 0 Å². The van der Waals surface area contributed by atoms with E-state index in [1.165, 1.54) is 6.92 Å². The van der Waals surface area contributed by atoms with Crippen LogP contribution in [0.5, 0.6) is 0 Å². The second-order valence-corrected chi connectivity index (χ2v) is 8.87. The Morgan fingerprint density at radius 1 is 1.08 bits per heavy atom. The van der Waals surface area contributed by atoms with E-state index in [-0.39, 0.29) is 19.6 Å². The van der Waals surface area contributed by atoms with Crippen LogP contribution < -0.4 is 0 Å². The first kappa shape index (κ1) is 21.6. The number of esters is 1. The molecule has 1 heterocycles. The quantitative estimate of drug-likeness (QED) is 0.351. The van der Waals surface area contributed by atoms with Gasteiger partial charge >= 0.3 is 20.7 Å². The third kappa shape index (κ3) is 5.30. The molecule has 0 aromatic rings. The van der Waals surface area contributed by atoms with Gasteiger partial charge in [-0.1, -0.05) is 0 Å². The fraction of sp³-hybridized carbons (Fsp3) is 0.933. The smallest absolute Gasteiger partial charge is 0.450 e. The van der Waals surface area contributed by atoms with Gasteiger partial charge in [-0.3, -0.25) is 9.36 Å². The summed E-state index contributed by atoms with van der Waals surface area (Å²) < 4.78 is 40.6. The van der Waals surface area contributed by atoms with Crippen molar-refractivity contribution >= 4 is 20.7 Å². The average molecular weight is 364 g/mol. The van der Waals surface area contributed by atoms with Gasteiger partial charge in [0.25, 0.3) is 0 Å². The molecular weight excluding hydrogens is 334 g/mol. The molecule has 7 nitrogen and oxygen atoms in total. The van der Waals surface area contributed by atoms with E-state index in [0.717, 1.165) is 0 Å². The normalized spacial score (nSPS) is 20.9. The van der Waals surface area contributed by atoms with E-state index < -0.39 is 37.7 Å². The van der Waals surface area contributed by atoms with Crippen molar-refractivity contribution in [3.8, 4) is 0 Å². The number of hydrogen-bond donors (Lipinski definition) is 0. The summed E-state index contributed by atoms with van der Waals surface area (Å²) in [5, 5.41) is 0. The molecule has 0 saturated carbocycles. The second-order valence-electron chi connectivity index (χ2n) is 6.70. The van der Waals surface area contributed by atoms with Crippen LogP contribution in [0.4, 0.5) is 0 Å². The molecular formula is C15H30BO7P. The van der Waals surface area contributed by atoms with Gasteiger partial charge in [0.2, 0.25) is 5.85 Å². The maximum absolute atomic E-state index is 12.9. The van der Waals surface area contributed by atoms with E-state index in [1.54, 1.807) is 13.8 Å². The van der Waals surface area contributed by atoms with Crippen molar-refractivity contribution in [2.75, 3.05) is 13.2 Å². The molecule has 0 amide bonds. The maximum Gasteiger partial charge on any atom is 0.457 e. The van der Waals surface area contributed by atoms with Crippen LogP contribution in [-0.2, 0) is 32.5 Å². The van der Waals surface area contributed by atoms with E-state index in [9.17, 15) is 9.36 Å². The first-order valence-corrected chi connectivity index (χ1v) is 10.00. The molecule has 24 heavy (non-hydrogen) atoms. The lowest BCUT2D eigenvalue weighted by Crippen LogP contribution is -2.41. The molecule has 0 radical (unpaired) electrons. The molecule has 0 bridgehead atoms. The largest absolute Gasteiger partial charge is 0.457 e. The summed E-state index contributed by atoms with van der Waals surface area (Å²) in [5.74, 6) is -1.51. The Labute approximate surface area is 145 Å². The van der Waals surface area contributed by atoms with Crippen LogP contribution >= 0.6 is 7.60 Å². The van der Waals surface area contributed by atoms with Gasteiger partial charge in [-0.15, -0.1) is 0 Å². The number of carbonyl (C=O) groups is 1. The Kier molecular flexibility index (Phi) is 7.51. The summed E-state index contributed by atoms with van der Waals surface area (Å²) in [6.07, 6.45) is 0.669. The number of rotatable bonds is 9. The SMILES string of the molecule is CCOP(=O)(OCC)C(CCB1OC(C)(C)C(C)(C)O1)OC(C)=O. The van der Waals surface area contributed by atoms with E-state index in [2.05, 4.69) is 0 Å². The summed E-state index contributed by atoms with van der Waals surface area (Å²) in [5.41, 5.74) is -0.893. The van der Waals surface area contributed by atoms with Crippen molar-refractivity contribution in [3.63, 3.8) is 0 Å². The van der Waals surface area contributed by atoms with Gasteiger partial charge in [0.15, 0.2) is 0 Å². The molecule has 1 saturated heterocycles. The summed E-state index contributed by atoms with van der Waals surface area (Å²) >= 11 is 0. The first-order valence-electron chi connectivity index (χ1n) is 8.39. The fourth-order valence-electron chi connectivity index (χ4n) is 2.40. The molecule has 1 unspecified atom stereocenters. The molecule has 0 spiro atoms. The minimum Gasteiger partial charge on any atom is -0.450 e. The number of ether oxygens (including phenoxy) is 1. The van der Waals surface area contributed by atoms with Gasteiger partial charge in [-0.2, -0.15) is 0 Å². The predicted octanol–water partition coefficient (Wildman–Crippen LogP) is 3.62. The zero-order chi connectivity index (χ0) is 18.6. The van der Waals surface area contributed by atoms with Crippen molar-refractivity contribution in [1.29, 1.82) is 0 Å². The molecule has 1 atom stereocenters. The second kappa shape index (κ2) is 8.32. The van der Waals surface area contributed by atoms with Gasteiger partial charge in [-0.05, 0) is 54.3 Å². The zero-order valence-corrected chi connectivity index (χ0v) is 16.7. The summed E-state index contributed by atoms with van der Waals surface area (Å²) in [6, 6.07) is 0. The topological polar surface area (TPSA) is 80.3 Å². The van der Waals surface area contributed by atoms with Crippen molar-refractivity contribution in [1.82, 2.24) is 0 Å². The zero-order valence-electron chi connectivity index (χ0n) is 15.8. The van der Waals surface area contributed by atoms with Crippen LogP contribution in [-0.4, -0.2) is 43.3 Å². The molecule has 0 aromatic heterocycles. The highest BCUT2D eigenvalue weighted by Crippen LogP contribution is 2.55. The van der Waals surface area contributed by atoms with E-state index in [4.69, 9.17) is 23.1 Å². The molecule has 0 aliphatic carbocycles. The Bertz CT molecular complexity index is 454. The van der Waals surface area contributed by atoms with Crippen LogP contribution in [0.2, 0.25) is 6.32 Å². The van der Waals surface area contributed by atoms with Crippen LogP contribution in [0, 0.1) is 0 Å². The van der Waals surface area contributed by atoms with E-state index in [0.29, 0.717) is 6.32 Å². The highest BCUT2D eigenvalue weighted by Gasteiger charge is 2.51. The molecule has 0 aromatic carbocycles. The van der Waals surface area contributed by atoms with E-state index >= 15 is 0 Å². The van der Waals surface area contributed by atoms with Crippen LogP contribution in [0.1, 0.15) is 54.9 Å². The number of carbonyl (C=O) groups excluding carboxylic acids is 1. The van der Waals surface area contributed by atoms with Crippen LogP contribution in [0.3, 0.4) is 0 Å². The summed E-state index contributed by atoms with van der Waals surface area (Å²) in [7, 11) is -4.03. The van der Waals surface area contributed by atoms with Gasteiger partial charge in [0.05, 0.1) is 24.4 Å². The molecule has 1 aliphatic heterocycles. The van der Waals surface area contributed by atoms with Gasteiger partial charge < -0.3 is 23.1 Å². The Morgan fingerprint density at radius 2 is 1.54 bits per heavy atom. The number of hydrogen-bond acceptors (Lipinski definition) is 7. The molecule has 9 heteroatoms. The van der Waals surface area contributed by atoms with Crippen molar-refractivity contribution in [3.05, 3.63) is 0 Å². The monoisotopic (exact) mass is 364 g/mol. The maximum atomic E-state index is 12.9. The minimum atomic E-state index is -3.56. The van der Waals surface area contributed by atoms with E-state index in [1.807, 2.05) is 27.7 Å². The molecule has 1 aliphatic rings. The lowest BCUT2D eigenvalue weighted by Gasteiger charge is -2.32. The predicted molar refractivity (Wildman–Crippen MR) is 91.9 cm³/mol. The highest BCUT2D eigenvalue weighted by atomic mass is 31.2. The minimum absolute atomic E-state index is 0.200. The van der Waals surface area contributed by atoms with Crippen LogP contribution in [0.15, 0.2) is 0 Å². The standard InChI is InChI=1S/C15H30BO7P/c1-8-19-24(18,20-9-2)13(21-12(3)17)10-11-16-22-14(4,5)15(6,7)23-16/h13H,8-11H2,1-7H3. The Morgan fingerprint density at radius 3 is 1.92 bits per heavy atom.